The van der Waals surface area contributed by atoms with E-state index in [1.165, 1.54) is 233 Å². The second-order valence-electron chi connectivity index (χ2n) is 24.4. The van der Waals surface area contributed by atoms with Gasteiger partial charge in [-0.25, -0.2) is 9.97 Å². The van der Waals surface area contributed by atoms with E-state index in [9.17, 15) is 0 Å². The highest BCUT2D eigenvalue weighted by atomic mass is 32.1. The second kappa shape index (κ2) is 30.9. The van der Waals surface area contributed by atoms with Gasteiger partial charge in [-0.2, -0.15) is 0 Å². The molecule has 0 radical (unpaired) electrons. The molecule has 0 unspecified atom stereocenters. The van der Waals surface area contributed by atoms with Crippen molar-refractivity contribution in [1.82, 2.24) is 9.97 Å². The molecule has 0 bridgehead atoms. The number of benzene rings is 5. The molecule has 81 heavy (non-hydrogen) atoms. The van der Waals surface area contributed by atoms with E-state index >= 15 is 0 Å². The van der Waals surface area contributed by atoms with Gasteiger partial charge in [-0.15, -0.1) is 22.7 Å². The Morgan fingerprint density at radius 3 is 1.19 bits per heavy atom. The molecule has 4 heteroatoms. The smallest absolute Gasteiger partial charge is 0.0988 e. The molecule has 9 rings (SSSR count). The lowest BCUT2D eigenvalue weighted by atomic mass is 9.70. The molecule has 8 aromatic rings. The number of thiophene rings is 2. The van der Waals surface area contributed by atoms with Crippen LogP contribution in [0.15, 0.2) is 121 Å². The molecule has 0 N–H and O–H groups in total. The first-order valence-corrected chi connectivity index (χ1v) is 34.4. The number of unbranched alkanes of at least 4 members (excludes halogenated alkanes) is 22. The van der Waals surface area contributed by atoms with Crippen LogP contribution >= 0.6 is 22.7 Å². The van der Waals surface area contributed by atoms with E-state index in [1.807, 2.05) is 22.7 Å². The maximum absolute atomic E-state index is 5.84. The average Bonchev–Trinajstić information content (AvgIpc) is 3.29. The summed E-state index contributed by atoms with van der Waals surface area (Å²) in [5, 5.41) is 0. The molecule has 2 nitrogen and oxygen atoms in total. The molecular formula is C77H98N2S2. The first-order chi connectivity index (χ1) is 39.8. The molecule has 0 fully saturated rings. The van der Waals surface area contributed by atoms with E-state index in [0.717, 1.165) is 57.5 Å². The van der Waals surface area contributed by atoms with Crippen molar-refractivity contribution in [1.29, 1.82) is 0 Å². The Morgan fingerprint density at radius 1 is 0.333 bits per heavy atom. The van der Waals surface area contributed by atoms with Crippen molar-refractivity contribution in [3.8, 4) is 65.0 Å². The minimum Gasteiger partial charge on any atom is -0.243 e. The standard InChI is InChI=1S/C77H98N2S2/c1-7-11-15-17-19-21-23-25-27-31-53-77(54-32-28-26-24-22-20-18-16-12-8-2)68-55-57(5)35-46-64(68)65-47-45-63(56-69(65)77)70-51-52-72(81-70)67-49-48-66(71-50-36-58(6)80-71)75-76(67)79-74(62-43-39-60(40-44-62)34-30-14-10-4)73(78-75)61-41-37-59(38-42-61)33-29-13-9-3/h35-52,55-56H,7-34,53-54H2,1-6H3. The summed E-state index contributed by atoms with van der Waals surface area (Å²) in [6.45, 7) is 13.7. The predicted molar refractivity (Wildman–Crippen MR) is 358 cm³/mol. The maximum atomic E-state index is 5.84. The van der Waals surface area contributed by atoms with Crippen LogP contribution in [0.1, 0.15) is 240 Å². The van der Waals surface area contributed by atoms with Crippen LogP contribution < -0.4 is 0 Å². The fourth-order valence-electron chi connectivity index (χ4n) is 13.2. The van der Waals surface area contributed by atoms with Crippen LogP contribution in [0.4, 0.5) is 0 Å². The monoisotopic (exact) mass is 1110 g/mol. The summed E-state index contributed by atoms with van der Waals surface area (Å²) in [5.74, 6) is 0. The van der Waals surface area contributed by atoms with Gasteiger partial charge in [-0.1, -0.05) is 278 Å². The third-order valence-corrected chi connectivity index (χ3v) is 20.2. The van der Waals surface area contributed by atoms with Gasteiger partial charge < -0.3 is 0 Å². The summed E-state index contributed by atoms with van der Waals surface area (Å²) in [7, 11) is 0. The zero-order chi connectivity index (χ0) is 56.2. The van der Waals surface area contributed by atoms with E-state index in [-0.39, 0.29) is 5.41 Å². The largest absolute Gasteiger partial charge is 0.243 e. The molecule has 5 aromatic carbocycles. The minimum absolute atomic E-state index is 0.0338. The predicted octanol–water partition coefficient (Wildman–Crippen LogP) is 25.1. The lowest BCUT2D eigenvalue weighted by Crippen LogP contribution is -2.25. The van der Waals surface area contributed by atoms with Crippen LogP contribution in [0.5, 0.6) is 0 Å². The maximum Gasteiger partial charge on any atom is 0.0988 e. The zero-order valence-corrected chi connectivity index (χ0v) is 52.6. The summed E-state index contributed by atoms with van der Waals surface area (Å²) in [5.41, 5.74) is 20.1. The molecule has 1 aliphatic carbocycles. The third kappa shape index (κ3) is 15.5. The van der Waals surface area contributed by atoms with E-state index in [4.69, 9.17) is 9.97 Å². The average molecular weight is 1120 g/mol. The van der Waals surface area contributed by atoms with Gasteiger partial charge >= 0.3 is 0 Å². The van der Waals surface area contributed by atoms with Gasteiger partial charge in [0.1, 0.15) is 0 Å². The van der Waals surface area contributed by atoms with Crippen LogP contribution in [0.3, 0.4) is 0 Å². The first-order valence-electron chi connectivity index (χ1n) is 32.8. The van der Waals surface area contributed by atoms with Gasteiger partial charge in [-0.05, 0) is 122 Å². The van der Waals surface area contributed by atoms with Gasteiger partial charge in [0.25, 0.3) is 0 Å². The van der Waals surface area contributed by atoms with Gasteiger partial charge in [-0.3, -0.25) is 0 Å². The molecule has 0 atom stereocenters. The lowest BCUT2D eigenvalue weighted by Gasteiger charge is -2.33. The highest BCUT2D eigenvalue weighted by Crippen LogP contribution is 2.56. The van der Waals surface area contributed by atoms with E-state index in [2.05, 4.69) is 163 Å². The van der Waals surface area contributed by atoms with Crippen LogP contribution in [0.2, 0.25) is 0 Å². The van der Waals surface area contributed by atoms with Crippen LogP contribution in [0, 0.1) is 13.8 Å². The Labute approximate surface area is 499 Å². The summed E-state index contributed by atoms with van der Waals surface area (Å²) >= 11 is 3.77. The van der Waals surface area contributed by atoms with Crippen molar-refractivity contribution in [2.75, 3.05) is 0 Å². The SMILES string of the molecule is CCCCCCCCCCCCC1(CCCCCCCCCCCC)c2cc(C)ccc2-c2ccc(-c3ccc(-c4ccc(-c5ccc(C)s5)c5nc(-c6ccc(CCCCC)cc6)c(-c6ccc(CCCCC)cc6)nc45)s3)cc21. The van der Waals surface area contributed by atoms with Crippen molar-refractivity contribution in [3.05, 3.63) is 154 Å². The van der Waals surface area contributed by atoms with Crippen LogP contribution in [-0.4, -0.2) is 9.97 Å². The van der Waals surface area contributed by atoms with Crippen LogP contribution in [-0.2, 0) is 18.3 Å². The summed E-state index contributed by atoms with van der Waals surface area (Å²) in [4.78, 5) is 16.7. The van der Waals surface area contributed by atoms with Crippen molar-refractivity contribution in [2.45, 2.75) is 240 Å². The quantitative estimate of drug-likeness (QED) is 0.0370. The zero-order valence-electron chi connectivity index (χ0n) is 51.0. The Morgan fingerprint density at radius 2 is 0.716 bits per heavy atom. The van der Waals surface area contributed by atoms with Crippen molar-refractivity contribution in [3.63, 3.8) is 0 Å². The lowest BCUT2D eigenvalue weighted by molar-refractivity contribution is 0.397. The fraction of sp³-hybridized carbons (Fsp3) is 0.481. The molecule has 3 aromatic heterocycles. The highest BCUT2D eigenvalue weighted by Gasteiger charge is 2.42. The molecule has 0 saturated heterocycles. The molecule has 0 amide bonds. The number of hydrogen-bond acceptors (Lipinski definition) is 4. The number of fused-ring (bicyclic) bond motifs is 4. The minimum atomic E-state index is 0.0338. The number of hydrogen-bond donors (Lipinski definition) is 0. The van der Waals surface area contributed by atoms with E-state index in [0.29, 0.717) is 0 Å². The molecule has 3 heterocycles. The number of rotatable bonds is 35. The molecular weight excluding hydrogens is 1020 g/mol. The second-order valence-corrected chi connectivity index (χ2v) is 26.8. The topological polar surface area (TPSA) is 25.8 Å². The Hall–Kier alpha value is -5.16. The Bertz CT molecular complexity index is 3160. The van der Waals surface area contributed by atoms with Gasteiger partial charge in [0.15, 0.2) is 0 Å². The third-order valence-electron chi connectivity index (χ3n) is 18.0. The van der Waals surface area contributed by atoms with Gasteiger partial charge in [0.2, 0.25) is 0 Å². The molecule has 0 spiro atoms. The normalized spacial score (nSPS) is 12.7. The fourth-order valence-corrected chi connectivity index (χ4v) is 15.1. The van der Waals surface area contributed by atoms with Gasteiger partial charge in [0, 0.05) is 47.2 Å². The summed E-state index contributed by atoms with van der Waals surface area (Å²) in [6.07, 6.45) is 39.5. The number of aryl methyl sites for hydroxylation is 4. The highest BCUT2D eigenvalue weighted by molar-refractivity contribution is 7.19. The molecule has 0 saturated carbocycles. The van der Waals surface area contributed by atoms with E-state index < -0.39 is 0 Å². The molecule has 1 aliphatic rings. The molecule has 428 valence electrons. The van der Waals surface area contributed by atoms with Crippen molar-refractivity contribution >= 4 is 33.7 Å². The summed E-state index contributed by atoms with van der Waals surface area (Å²) in [6, 6.07) is 47.4. The molecule has 0 aliphatic heterocycles. The van der Waals surface area contributed by atoms with Gasteiger partial charge in [0.05, 0.1) is 22.4 Å². The number of aromatic nitrogens is 2. The van der Waals surface area contributed by atoms with Crippen molar-refractivity contribution < 1.29 is 0 Å². The van der Waals surface area contributed by atoms with E-state index in [1.54, 1.807) is 11.1 Å². The Kier molecular flexibility index (Phi) is 23.1. The van der Waals surface area contributed by atoms with Crippen LogP contribution in [0.25, 0.3) is 76.0 Å². The Balaban J connectivity index is 1.07. The summed E-state index contributed by atoms with van der Waals surface area (Å²) < 4.78 is 0. The number of nitrogens with zero attached hydrogens (tertiary/aromatic N) is 2. The van der Waals surface area contributed by atoms with Crippen molar-refractivity contribution in [2.24, 2.45) is 0 Å². The first kappa shape index (κ1) is 60.4.